The summed E-state index contributed by atoms with van der Waals surface area (Å²) < 4.78 is 0.962. The van der Waals surface area contributed by atoms with Crippen molar-refractivity contribution >= 4 is 44.9 Å². The molecule has 128 valence electrons. The molecule has 3 aromatic rings. The van der Waals surface area contributed by atoms with Crippen molar-refractivity contribution in [3.63, 3.8) is 0 Å². The third-order valence-corrected chi connectivity index (χ3v) is 5.72. The third-order valence-electron chi connectivity index (χ3n) is 4.29. The highest BCUT2D eigenvalue weighted by molar-refractivity contribution is 7.22. The summed E-state index contributed by atoms with van der Waals surface area (Å²) in [5.74, 6) is 0.760. The number of aromatic nitrogens is 2. The molecule has 0 spiro atoms. The van der Waals surface area contributed by atoms with Crippen molar-refractivity contribution in [2.45, 2.75) is 25.3 Å². The summed E-state index contributed by atoms with van der Waals surface area (Å²) in [7, 11) is 0. The predicted molar refractivity (Wildman–Crippen MR) is 102 cm³/mol. The van der Waals surface area contributed by atoms with Crippen LogP contribution in [0.15, 0.2) is 36.7 Å². The fourth-order valence-corrected chi connectivity index (χ4v) is 4.15. The lowest BCUT2D eigenvalue weighted by Crippen LogP contribution is -2.38. The number of hydrogen-bond donors (Lipinski definition) is 2. The van der Waals surface area contributed by atoms with E-state index in [2.05, 4.69) is 20.6 Å². The second-order valence-electron chi connectivity index (χ2n) is 6.04. The average molecular weight is 373 g/mol. The van der Waals surface area contributed by atoms with Gasteiger partial charge in [0.05, 0.1) is 10.2 Å². The molecule has 4 rings (SSSR count). The van der Waals surface area contributed by atoms with E-state index in [0.717, 1.165) is 52.3 Å². The molecule has 1 saturated heterocycles. The first-order valence-electron chi connectivity index (χ1n) is 8.25. The monoisotopic (exact) mass is 372 g/mol. The van der Waals surface area contributed by atoms with Gasteiger partial charge >= 0.3 is 0 Å². The van der Waals surface area contributed by atoms with E-state index in [1.165, 1.54) is 6.33 Å². The number of nitrogens with one attached hydrogen (secondary N) is 2. The summed E-state index contributed by atoms with van der Waals surface area (Å²) >= 11 is 7.59. The Kier molecular flexibility index (Phi) is 4.55. The SMILES string of the molecule is O=C1NCCCC[C@@H]1Nc1ncnc2cc(-c3ccc(Cl)cc3)sc12. The molecule has 1 fully saturated rings. The van der Waals surface area contributed by atoms with E-state index in [-0.39, 0.29) is 11.9 Å². The predicted octanol–water partition coefficient (Wildman–Crippen LogP) is 4.09. The number of benzene rings is 1. The molecule has 5 nitrogen and oxygen atoms in total. The molecule has 1 aliphatic rings. The van der Waals surface area contributed by atoms with Crippen LogP contribution in [-0.4, -0.2) is 28.5 Å². The zero-order chi connectivity index (χ0) is 17.2. The van der Waals surface area contributed by atoms with E-state index >= 15 is 0 Å². The Morgan fingerprint density at radius 1 is 1.20 bits per heavy atom. The van der Waals surface area contributed by atoms with Crippen molar-refractivity contribution in [1.82, 2.24) is 15.3 Å². The van der Waals surface area contributed by atoms with Crippen LogP contribution >= 0.6 is 22.9 Å². The molecule has 1 amide bonds. The third kappa shape index (κ3) is 3.45. The highest BCUT2D eigenvalue weighted by Crippen LogP contribution is 2.36. The molecule has 0 unspecified atom stereocenters. The lowest BCUT2D eigenvalue weighted by Gasteiger charge is -2.15. The first-order chi connectivity index (χ1) is 12.2. The van der Waals surface area contributed by atoms with Gasteiger partial charge in [-0.2, -0.15) is 0 Å². The van der Waals surface area contributed by atoms with Crippen molar-refractivity contribution in [3.8, 4) is 10.4 Å². The summed E-state index contributed by atoms with van der Waals surface area (Å²) in [6.45, 7) is 0.746. The van der Waals surface area contributed by atoms with E-state index in [9.17, 15) is 4.79 Å². The molecule has 2 N–H and O–H groups in total. The van der Waals surface area contributed by atoms with Crippen molar-refractivity contribution < 1.29 is 4.79 Å². The van der Waals surface area contributed by atoms with Crippen molar-refractivity contribution in [3.05, 3.63) is 41.7 Å². The lowest BCUT2D eigenvalue weighted by atomic mass is 10.1. The lowest BCUT2D eigenvalue weighted by molar-refractivity contribution is -0.121. The Labute approximate surface area is 154 Å². The summed E-state index contributed by atoms with van der Waals surface area (Å²) in [6.07, 6.45) is 4.39. The van der Waals surface area contributed by atoms with E-state index in [0.29, 0.717) is 5.02 Å². The molecule has 1 aliphatic heterocycles. The largest absolute Gasteiger partial charge is 0.357 e. The number of hydrogen-bond acceptors (Lipinski definition) is 5. The van der Waals surface area contributed by atoms with Crippen LogP contribution in [0.4, 0.5) is 5.82 Å². The molecule has 0 bridgehead atoms. The molecule has 0 radical (unpaired) electrons. The fourth-order valence-electron chi connectivity index (χ4n) is 2.96. The Balaban J connectivity index is 1.67. The quantitative estimate of drug-likeness (QED) is 0.726. The van der Waals surface area contributed by atoms with Crippen LogP contribution in [0.3, 0.4) is 0 Å². The minimum absolute atomic E-state index is 0.0405. The maximum Gasteiger partial charge on any atom is 0.242 e. The molecule has 25 heavy (non-hydrogen) atoms. The van der Waals surface area contributed by atoms with Crippen molar-refractivity contribution in [1.29, 1.82) is 0 Å². The Morgan fingerprint density at radius 3 is 2.88 bits per heavy atom. The smallest absolute Gasteiger partial charge is 0.242 e. The van der Waals surface area contributed by atoms with E-state index in [1.807, 2.05) is 30.3 Å². The normalized spacial score (nSPS) is 18.0. The number of rotatable bonds is 3. The Bertz CT molecular complexity index is 909. The van der Waals surface area contributed by atoms with Crippen LogP contribution < -0.4 is 10.6 Å². The summed E-state index contributed by atoms with van der Waals surface area (Å²) in [5, 5.41) is 6.97. The van der Waals surface area contributed by atoms with Gasteiger partial charge in [0.2, 0.25) is 5.91 Å². The van der Waals surface area contributed by atoms with Crippen LogP contribution in [0.2, 0.25) is 5.02 Å². The average Bonchev–Trinajstić information content (AvgIpc) is 2.96. The number of carbonyl (C=O) groups excluding carboxylic acids is 1. The van der Waals surface area contributed by atoms with Gasteiger partial charge in [0.25, 0.3) is 0 Å². The van der Waals surface area contributed by atoms with Gasteiger partial charge < -0.3 is 10.6 Å². The molecule has 0 saturated carbocycles. The van der Waals surface area contributed by atoms with Gasteiger partial charge in [-0.15, -0.1) is 11.3 Å². The molecule has 1 aromatic carbocycles. The number of nitrogens with zero attached hydrogens (tertiary/aromatic N) is 2. The molecule has 1 atom stereocenters. The standard InChI is InChI=1S/C18H17ClN4OS/c19-12-6-4-11(5-7-12)15-9-14-16(25-15)17(22-10-21-14)23-13-3-1-2-8-20-18(13)24/h4-7,9-10,13H,1-3,8H2,(H,20,24)(H,21,22,23)/t13-/m0/s1. The summed E-state index contributed by atoms with van der Waals surface area (Å²) in [4.78, 5) is 22.0. The number of carbonyl (C=O) groups is 1. The van der Waals surface area contributed by atoms with Gasteiger partial charge in [-0.3, -0.25) is 4.79 Å². The molecular weight excluding hydrogens is 356 g/mol. The first kappa shape index (κ1) is 16.3. The van der Waals surface area contributed by atoms with Gasteiger partial charge in [-0.05, 0) is 43.0 Å². The van der Waals surface area contributed by atoms with Crippen molar-refractivity contribution in [2.24, 2.45) is 0 Å². The highest BCUT2D eigenvalue weighted by Gasteiger charge is 2.22. The molecule has 0 aliphatic carbocycles. The number of fused-ring (bicyclic) bond motifs is 1. The number of halogens is 1. The van der Waals surface area contributed by atoms with Gasteiger partial charge in [-0.1, -0.05) is 23.7 Å². The topological polar surface area (TPSA) is 66.9 Å². The number of anilines is 1. The second-order valence-corrected chi connectivity index (χ2v) is 7.53. The van der Waals surface area contributed by atoms with E-state index < -0.39 is 0 Å². The number of amides is 1. The van der Waals surface area contributed by atoms with Crippen LogP contribution in [0.25, 0.3) is 20.7 Å². The van der Waals surface area contributed by atoms with Crippen molar-refractivity contribution in [2.75, 3.05) is 11.9 Å². The zero-order valence-corrected chi connectivity index (χ0v) is 15.0. The van der Waals surface area contributed by atoms with Gasteiger partial charge in [-0.25, -0.2) is 9.97 Å². The minimum Gasteiger partial charge on any atom is -0.357 e. The van der Waals surface area contributed by atoms with Crippen LogP contribution in [-0.2, 0) is 4.79 Å². The second kappa shape index (κ2) is 6.98. The fraction of sp³-hybridized carbons (Fsp3) is 0.278. The van der Waals surface area contributed by atoms with E-state index in [1.54, 1.807) is 11.3 Å². The maximum atomic E-state index is 12.2. The van der Waals surface area contributed by atoms with Crippen LogP contribution in [0, 0.1) is 0 Å². The Morgan fingerprint density at radius 2 is 2.04 bits per heavy atom. The highest BCUT2D eigenvalue weighted by atomic mass is 35.5. The maximum absolute atomic E-state index is 12.2. The summed E-state index contributed by atoms with van der Waals surface area (Å²) in [5.41, 5.74) is 1.96. The molecule has 7 heteroatoms. The number of thiophene rings is 1. The van der Waals surface area contributed by atoms with Gasteiger partial charge in [0.1, 0.15) is 18.2 Å². The van der Waals surface area contributed by atoms with E-state index in [4.69, 9.17) is 11.6 Å². The summed E-state index contributed by atoms with van der Waals surface area (Å²) in [6, 6.07) is 9.54. The van der Waals surface area contributed by atoms with Gasteiger partial charge in [0.15, 0.2) is 0 Å². The molecular formula is C18H17ClN4OS. The molecule has 2 aromatic heterocycles. The van der Waals surface area contributed by atoms with Gasteiger partial charge in [0, 0.05) is 16.4 Å². The molecule has 3 heterocycles. The van der Waals surface area contributed by atoms with Crippen LogP contribution in [0.1, 0.15) is 19.3 Å². The van der Waals surface area contributed by atoms with Crippen LogP contribution in [0.5, 0.6) is 0 Å². The minimum atomic E-state index is -0.248. The Hall–Kier alpha value is -2.18. The zero-order valence-electron chi connectivity index (χ0n) is 13.5. The first-order valence-corrected chi connectivity index (χ1v) is 9.45.